The Morgan fingerprint density at radius 1 is 0.738 bits per heavy atom. The number of aromatic nitrogens is 8. The summed E-state index contributed by atoms with van der Waals surface area (Å²) < 4.78 is 9.66. The highest BCUT2D eigenvalue weighted by molar-refractivity contribution is 9.09. The number of carbonyl (C=O) groups is 2. The Balaban J connectivity index is 0.000000188. The average molecular weight is 1030 g/mol. The molecule has 6 aromatic rings. The van der Waals surface area contributed by atoms with Crippen molar-refractivity contribution < 1.29 is 19.4 Å². The lowest BCUT2D eigenvalue weighted by atomic mass is 10.0. The van der Waals surface area contributed by atoms with E-state index in [0.29, 0.717) is 99.6 Å². The van der Waals surface area contributed by atoms with Crippen molar-refractivity contribution in [3.63, 3.8) is 0 Å². The quantitative estimate of drug-likeness (QED) is 0.0585. The highest BCUT2D eigenvalue weighted by atomic mass is 79.9. The van der Waals surface area contributed by atoms with Crippen molar-refractivity contribution in [2.45, 2.75) is 39.3 Å². The Morgan fingerprint density at radius 2 is 1.23 bits per heavy atom. The molecule has 6 heterocycles. The molecule has 0 saturated heterocycles. The summed E-state index contributed by atoms with van der Waals surface area (Å²) in [7, 11) is 0. The summed E-state index contributed by atoms with van der Waals surface area (Å²) in [5, 5.41) is 26.2. The fourth-order valence-corrected chi connectivity index (χ4v) is 8.18. The summed E-state index contributed by atoms with van der Waals surface area (Å²) >= 11 is 28.3. The smallest absolute Gasteiger partial charge is 0.318 e. The fourth-order valence-electron chi connectivity index (χ4n) is 6.68. The molecule has 23 heteroatoms. The number of ether oxygens (including phenoxy) is 1. The Kier molecular flexibility index (Phi) is 16.9. The number of aryl methyl sites for hydroxylation is 1. The molecule has 0 radical (unpaired) electrons. The second-order valence-corrected chi connectivity index (χ2v) is 16.5. The van der Waals surface area contributed by atoms with Gasteiger partial charge in [0, 0.05) is 64.4 Å². The van der Waals surface area contributed by atoms with Crippen LogP contribution in [0.1, 0.15) is 22.5 Å². The molecule has 2 aliphatic heterocycles. The minimum Gasteiger partial charge on any atom is -0.507 e. The molecule has 0 saturated carbocycles. The summed E-state index contributed by atoms with van der Waals surface area (Å²) in [5.74, 6) is 0.463. The second-order valence-electron chi connectivity index (χ2n) is 14.0. The molecule has 2 aliphatic rings. The van der Waals surface area contributed by atoms with Gasteiger partial charge in [0.1, 0.15) is 18.1 Å². The van der Waals surface area contributed by atoms with Crippen LogP contribution in [-0.2, 0) is 39.3 Å². The maximum atomic E-state index is 12.4. The van der Waals surface area contributed by atoms with Gasteiger partial charge in [0.05, 0.1) is 83.2 Å². The number of hydrogen-bond donors (Lipinski definition) is 5. The summed E-state index contributed by atoms with van der Waals surface area (Å²) in [4.78, 5) is 45.0. The molecule has 18 nitrogen and oxygen atoms in total. The second kappa shape index (κ2) is 22.7. The molecule has 0 aliphatic carbocycles. The zero-order valence-corrected chi connectivity index (χ0v) is 39.2. The van der Waals surface area contributed by atoms with Gasteiger partial charge < -0.3 is 41.7 Å². The van der Waals surface area contributed by atoms with E-state index in [1.165, 1.54) is 12.1 Å². The van der Waals surface area contributed by atoms with Gasteiger partial charge in [-0.25, -0.2) is 29.5 Å². The lowest BCUT2D eigenvalue weighted by Crippen LogP contribution is -2.36. The molecule has 4 aromatic heterocycles. The maximum absolute atomic E-state index is 12.4. The van der Waals surface area contributed by atoms with Crippen molar-refractivity contribution in [3.05, 3.63) is 129 Å². The highest BCUT2D eigenvalue weighted by Gasteiger charge is 2.32. The number of aromatic hydroxyl groups is 1. The molecular formula is C42H43BrCl4N14O4. The SMILES string of the molecule is BrCCn1cccn1.C=CCNC(=O)N1Cc2nc(N)nc(-c3c(Cl)cc(Cl)cc3OCCn3cccn3)c2C1.C=CCNC(=O)N1Cc2nc(N)nc(-c3c(O)cc(Cl)cc3Cl)c2C1. The number of carbonyl (C=O) groups excluding carboxylic acids is 2. The Hall–Kier alpha value is -6.12. The first-order chi connectivity index (χ1) is 31.3. The Morgan fingerprint density at radius 3 is 1.71 bits per heavy atom. The number of amides is 4. The van der Waals surface area contributed by atoms with E-state index in [-0.39, 0.29) is 47.8 Å². The standard InChI is InChI=1S/C21H21Cl2N7O2.C16H15Cl2N5O2.C5H7BrN2/c1-2-4-25-21(31)29-11-14-16(12-29)27-20(24)28-19(14)18-15(23)9-13(22)10-17(18)32-8-7-30-6-3-5-26-30;1-2-3-20-16(25)23-6-9-11(7-23)21-15(19)22-14(9)13-10(18)4-8(17)5-12(13)24;6-2-5-8-4-1-3-7-8/h2-3,5-6,9-10H,1,4,7-8,11-12H2,(H,25,31)(H2,24,27,28);2,4-5,24H,1,3,6-7H2,(H,20,25)(H2,19,21,22);1,3-4H,2,5H2. The molecule has 8 rings (SSSR count). The van der Waals surface area contributed by atoms with Crippen LogP contribution in [0.2, 0.25) is 20.1 Å². The molecule has 0 fully saturated rings. The van der Waals surface area contributed by atoms with Crippen LogP contribution in [0.4, 0.5) is 21.5 Å². The molecule has 0 atom stereocenters. The summed E-state index contributed by atoms with van der Waals surface area (Å²) in [6.45, 7) is 10.9. The first kappa shape index (κ1) is 48.3. The number of nitrogen functional groups attached to an aromatic ring is 2. The van der Waals surface area contributed by atoms with Gasteiger partial charge in [-0.15, -0.1) is 13.2 Å². The monoisotopic (exact) mass is 1030 g/mol. The minimum absolute atomic E-state index is 0.0347. The minimum atomic E-state index is -0.256. The number of halogens is 5. The number of rotatable bonds is 12. The van der Waals surface area contributed by atoms with Crippen LogP contribution in [0.25, 0.3) is 22.5 Å². The predicted octanol–water partition coefficient (Wildman–Crippen LogP) is 7.75. The van der Waals surface area contributed by atoms with Crippen molar-refractivity contribution >= 4 is 86.3 Å². The molecule has 0 bridgehead atoms. The van der Waals surface area contributed by atoms with Gasteiger partial charge in [0.25, 0.3) is 0 Å². The third kappa shape index (κ3) is 12.4. The zero-order valence-electron chi connectivity index (χ0n) is 34.6. The van der Waals surface area contributed by atoms with E-state index in [0.717, 1.165) is 17.4 Å². The van der Waals surface area contributed by atoms with Crippen molar-refractivity contribution in [3.8, 4) is 34.0 Å². The predicted molar refractivity (Wildman–Crippen MR) is 255 cm³/mol. The molecule has 340 valence electrons. The van der Waals surface area contributed by atoms with E-state index >= 15 is 0 Å². The first-order valence-electron chi connectivity index (χ1n) is 19.7. The largest absolute Gasteiger partial charge is 0.507 e. The van der Waals surface area contributed by atoms with Gasteiger partial charge in [-0.3, -0.25) is 9.36 Å². The number of nitrogens with zero attached hydrogens (tertiary/aromatic N) is 10. The van der Waals surface area contributed by atoms with Crippen LogP contribution >= 0.6 is 62.3 Å². The van der Waals surface area contributed by atoms with Crippen LogP contribution in [0, 0.1) is 0 Å². The number of urea groups is 2. The Bertz CT molecular complexity index is 2630. The number of phenols is 1. The lowest BCUT2D eigenvalue weighted by molar-refractivity contribution is 0.199. The lowest BCUT2D eigenvalue weighted by Gasteiger charge is -2.17. The van der Waals surface area contributed by atoms with Gasteiger partial charge in [-0.2, -0.15) is 10.2 Å². The van der Waals surface area contributed by atoms with Gasteiger partial charge in [-0.1, -0.05) is 74.5 Å². The van der Waals surface area contributed by atoms with E-state index in [4.69, 9.17) is 62.6 Å². The maximum Gasteiger partial charge on any atom is 0.318 e. The van der Waals surface area contributed by atoms with Crippen LogP contribution in [0.3, 0.4) is 0 Å². The summed E-state index contributed by atoms with van der Waals surface area (Å²) in [6.07, 6.45) is 10.5. The normalized spacial score (nSPS) is 12.3. The van der Waals surface area contributed by atoms with Crippen molar-refractivity contribution in [1.82, 2.24) is 59.9 Å². The van der Waals surface area contributed by atoms with Gasteiger partial charge in [0.15, 0.2) is 0 Å². The van der Waals surface area contributed by atoms with Crippen molar-refractivity contribution in [1.29, 1.82) is 0 Å². The number of nitrogens with two attached hydrogens (primary N) is 2. The molecule has 4 amide bonds. The topological polar surface area (TPSA) is 233 Å². The molecule has 0 spiro atoms. The van der Waals surface area contributed by atoms with Crippen LogP contribution in [-0.4, -0.2) is 91.5 Å². The number of alkyl halides is 1. The van der Waals surface area contributed by atoms with Crippen molar-refractivity contribution in [2.75, 3.05) is 36.5 Å². The highest BCUT2D eigenvalue weighted by Crippen LogP contribution is 2.43. The van der Waals surface area contributed by atoms with E-state index in [1.54, 1.807) is 51.2 Å². The molecule has 0 unspecified atom stereocenters. The van der Waals surface area contributed by atoms with E-state index in [2.05, 4.69) is 69.9 Å². The van der Waals surface area contributed by atoms with Crippen LogP contribution in [0.5, 0.6) is 11.5 Å². The molecule has 2 aromatic carbocycles. The third-order valence-electron chi connectivity index (χ3n) is 9.51. The van der Waals surface area contributed by atoms with Crippen LogP contribution < -0.4 is 26.8 Å². The number of nitrogens with one attached hydrogen (secondary N) is 2. The van der Waals surface area contributed by atoms with Gasteiger partial charge in [0.2, 0.25) is 11.9 Å². The van der Waals surface area contributed by atoms with E-state index in [1.807, 2.05) is 29.2 Å². The van der Waals surface area contributed by atoms with Crippen molar-refractivity contribution in [2.24, 2.45) is 0 Å². The average Bonchev–Trinajstić information content (AvgIpc) is 4.10. The fraction of sp³-hybridized carbons (Fsp3) is 0.238. The van der Waals surface area contributed by atoms with Crippen LogP contribution in [0.15, 0.2) is 86.5 Å². The number of hydrogen-bond acceptors (Lipinski definition) is 12. The number of fused-ring (bicyclic) bond motifs is 2. The number of anilines is 2. The molecule has 65 heavy (non-hydrogen) atoms. The van der Waals surface area contributed by atoms with Gasteiger partial charge >= 0.3 is 12.1 Å². The molecular weight excluding hydrogens is 986 g/mol. The first-order valence-corrected chi connectivity index (χ1v) is 22.3. The van der Waals surface area contributed by atoms with E-state index < -0.39 is 0 Å². The third-order valence-corrected chi connectivity index (χ3v) is 10.9. The Labute approximate surface area is 402 Å². The number of benzene rings is 2. The van der Waals surface area contributed by atoms with Gasteiger partial charge in [-0.05, 0) is 36.4 Å². The summed E-state index contributed by atoms with van der Waals surface area (Å²) in [6, 6.07) is 9.45. The molecule has 7 N–H and O–H groups in total. The number of phenolic OH excluding ortho intramolecular Hbond substituents is 1. The zero-order chi connectivity index (χ0) is 46.6. The van der Waals surface area contributed by atoms with E-state index in [9.17, 15) is 14.7 Å². The summed E-state index contributed by atoms with van der Waals surface area (Å²) in [5.41, 5.74) is 16.3.